The normalized spacial score (nSPS) is 20.6. The van der Waals surface area contributed by atoms with Crippen LogP contribution in [0.2, 0.25) is 0 Å². The first-order chi connectivity index (χ1) is 14.3. The number of rotatable bonds is 4. The van der Waals surface area contributed by atoms with E-state index < -0.39 is 5.97 Å². The fourth-order valence-electron chi connectivity index (χ4n) is 3.95. The minimum Gasteiger partial charge on any atom is -0.478 e. The van der Waals surface area contributed by atoms with Gasteiger partial charge >= 0.3 is 5.97 Å². The first-order valence-electron chi connectivity index (χ1n) is 9.63. The Hall–Kier alpha value is -3.74. The Bertz CT molecular complexity index is 1070. The van der Waals surface area contributed by atoms with E-state index in [9.17, 15) is 19.2 Å². The maximum atomic E-state index is 12.8. The second kappa shape index (κ2) is 7.59. The molecule has 0 spiro atoms. The van der Waals surface area contributed by atoms with Gasteiger partial charge in [-0.3, -0.25) is 19.3 Å². The van der Waals surface area contributed by atoms with Crippen molar-refractivity contribution in [3.63, 3.8) is 0 Å². The van der Waals surface area contributed by atoms with E-state index in [0.29, 0.717) is 29.8 Å². The van der Waals surface area contributed by atoms with Gasteiger partial charge in [0.05, 0.1) is 23.1 Å². The lowest BCUT2D eigenvalue weighted by molar-refractivity contribution is -0.122. The van der Waals surface area contributed by atoms with E-state index in [2.05, 4.69) is 5.32 Å². The number of aromatic carboxylic acids is 1. The second-order valence-corrected chi connectivity index (χ2v) is 7.60. The predicted molar refractivity (Wildman–Crippen MR) is 110 cm³/mol. The SMILES string of the molecule is CC1=CC[C@H]2C(=O)N(c3ccc(C(=O)Nc4ccc(C(=O)O)cc4)cc3)C(=O)[C@@H]2C1. The molecule has 30 heavy (non-hydrogen) atoms. The Morgan fingerprint density at radius 2 is 1.53 bits per heavy atom. The van der Waals surface area contributed by atoms with Crippen LogP contribution in [-0.4, -0.2) is 28.8 Å². The van der Waals surface area contributed by atoms with Crippen molar-refractivity contribution in [2.45, 2.75) is 19.8 Å². The molecule has 1 aliphatic heterocycles. The van der Waals surface area contributed by atoms with Gasteiger partial charge in [-0.15, -0.1) is 0 Å². The van der Waals surface area contributed by atoms with Crippen molar-refractivity contribution in [2.75, 3.05) is 10.2 Å². The molecule has 0 aromatic heterocycles. The van der Waals surface area contributed by atoms with E-state index in [0.717, 1.165) is 5.57 Å². The second-order valence-electron chi connectivity index (χ2n) is 7.60. The topological polar surface area (TPSA) is 104 Å². The maximum Gasteiger partial charge on any atom is 0.335 e. The third kappa shape index (κ3) is 3.50. The Morgan fingerprint density at radius 3 is 2.17 bits per heavy atom. The highest BCUT2D eigenvalue weighted by molar-refractivity contribution is 6.22. The molecular weight excluding hydrogens is 384 g/mol. The van der Waals surface area contributed by atoms with E-state index in [-0.39, 0.29) is 35.1 Å². The molecule has 1 aliphatic carbocycles. The summed E-state index contributed by atoms with van der Waals surface area (Å²) in [6.07, 6.45) is 3.21. The fraction of sp³-hybridized carbons (Fsp3) is 0.217. The number of carboxylic acid groups (broad SMARTS) is 1. The minimum absolute atomic E-state index is 0.128. The Morgan fingerprint density at radius 1 is 0.933 bits per heavy atom. The van der Waals surface area contributed by atoms with Crippen molar-refractivity contribution in [1.82, 2.24) is 0 Å². The van der Waals surface area contributed by atoms with Crippen LogP contribution in [0.5, 0.6) is 0 Å². The van der Waals surface area contributed by atoms with Crippen molar-refractivity contribution in [1.29, 1.82) is 0 Å². The van der Waals surface area contributed by atoms with E-state index in [4.69, 9.17) is 5.11 Å². The molecule has 0 radical (unpaired) electrons. The molecule has 2 aliphatic rings. The van der Waals surface area contributed by atoms with Crippen molar-refractivity contribution in [3.8, 4) is 0 Å². The first-order valence-corrected chi connectivity index (χ1v) is 9.63. The van der Waals surface area contributed by atoms with Crippen LogP contribution in [0.4, 0.5) is 11.4 Å². The first kappa shape index (κ1) is 19.6. The van der Waals surface area contributed by atoms with Crippen LogP contribution in [0, 0.1) is 11.8 Å². The van der Waals surface area contributed by atoms with Gasteiger partial charge < -0.3 is 10.4 Å². The van der Waals surface area contributed by atoms with E-state index >= 15 is 0 Å². The van der Waals surface area contributed by atoms with Gasteiger partial charge in [-0.05, 0) is 68.3 Å². The lowest BCUT2D eigenvalue weighted by Crippen LogP contribution is -2.30. The molecule has 0 saturated carbocycles. The summed E-state index contributed by atoms with van der Waals surface area (Å²) in [7, 11) is 0. The average molecular weight is 404 g/mol. The van der Waals surface area contributed by atoms with Gasteiger partial charge in [-0.2, -0.15) is 0 Å². The van der Waals surface area contributed by atoms with Crippen molar-refractivity contribution in [3.05, 3.63) is 71.3 Å². The summed E-state index contributed by atoms with van der Waals surface area (Å²) in [5.74, 6) is -2.41. The summed E-state index contributed by atoms with van der Waals surface area (Å²) in [5.41, 5.74) is 2.53. The smallest absolute Gasteiger partial charge is 0.335 e. The van der Waals surface area contributed by atoms with Crippen LogP contribution in [0.1, 0.15) is 40.5 Å². The van der Waals surface area contributed by atoms with Gasteiger partial charge in [0.15, 0.2) is 0 Å². The summed E-state index contributed by atoms with van der Waals surface area (Å²) in [6.45, 7) is 1.97. The number of anilines is 2. The van der Waals surface area contributed by atoms with Gasteiger partial charge in [0.25, 0.3) is 5.91 Å². The van der Waals surface area contributed by atoms with Gasteiger partial charge in [0, 0.05) is 11.3 Å². The quantitative estimate of drug-likeness (QED) is 0.600. The highest BCUT2D eigenvalue weighted by Gasteiger charge is 2.48. The Balaban J connectivity index is 1.47. The molecule has 1 heterocycles. The number of benzene rings is 2. The van der Waals surface area contributed by atoms with Crippen molar-refractivity contribution in [2.24, 2.45) is 11.8 Å². The number of amides is 3. The van der Waals surface area contributed by atoms with E-state index in [1.807, 2.05) is 13.0 Å². The number of allylic oxidation sites excluding steroid dienone is 2. The number of fused-ring (bicyclic) bond motifs is 1. The number of nitrogens with one attached hydrogen (secondary N) is 1. The third-order valence-corrected chi connectivity index (χ3v) is 5.60. The zero-order valence-corrected chi connectivity index (χ0v) is 16.3. The summed E-state index contributed by atoms with van der Waals surface area (Å²) in [6, 6.07) is 12.1. The molecular formula is C23H20N2O5. The zero-order valence-electron chi connectivity index (χ0n) is 16.3. The summed E-state index contributed by atoms with van der Waals surface area (Å²) in [5, 5.41) is 11.6. The maximum absolute atomic E-state index is 12.8. The van der Waals surface area contributed by atoms with Crippen molar-refractivity contribution >= 4 is 35.1 Å². The molecule has 4 rings (SSSR count). The lowest BCUT2D eigenvalue weighted by Gasteiger charge is -2.18. The van der Waals surface area contributed by atoms with Gasteiger partial charge in [0.1, 0.15) is 0 Å². The van der Waals surface area contributed by atoms with Crippen LogP contribution < -0.4 is 10.2 Å². The number of hydrogen-bond donors (Lipinski definition) is 2. The molecule has 1 fully saturated rings. The summed E-state index contributed by atoms with van der Waals surface area (Å²) < 4.78 is 0. The largest absolute Gasteiger partial charge is 0.478 e. The highest BCUT2D eigenvalue weighted by atomic mass is 16.4. The molecule has 1 saturated heterocycles. The Kier molecular flexibility index (Phi) is 4.95. The van der Waals surface area contributed by atoms with E-state index in [1.54, 1.807) is 24.3 Å². The molecule has 7 heteroatoms. The molecule has 7 nitrogen and oxygen atoms in total. The number of carbonyl (C=O) groups excluding carboxylic acids is 3. The van der Waals surface area contributed by atoms with Crippen LogP contribution >= 0.6 is 0 Å². The standard InChI is InChI=1S/C23H20N2O5/c1-13-2-11-18-19(12-13)22(28)25(21(18)27)17-9-5-14(6-10-17)20(26)24-16-7-3-15(4-8-16)23(29)30/h2-10,18-19H,11-12H2,1H3,(H,24,26)(H,29,30)/t18-,19-/m1/s1. The summed E-state index contributed by atoms with van der Waals surface area (Å²) in [4.78, 5) is 50.1. The molecule has 0 unspecified atom stereocenters. The van der Waals surface area contributed by atoms with Crippen molar-refractivity contribution < 1.29 is 24.3 Å². The number of hydrogen-bond acceptors (Lipinski definition) is 4. The molecule has 2 aromatic carbocycles. The van der Waals surface area contributed by atoms with Gasteiger partial charge in [-0.25, -0.2) is 4.79 Å². The van der Waals surface area contributed by atoms with Crippen LogP contribution in [-0.2, 0) is 9.59 Å². The molecule has 2 N–H and O–H groups in total. The molecule has 3 amide bonds. The van der Waals surface area contributed by atoms with Gasteiger partial charge in [-0.1, -0.05) is 11.6 Å². The van der Waals surface area contributed by atoms with E-state index in [1.165, 1.54) is 29.2 Å². The number of imide groups is 1. The molecule has 2 aromatic rings. The van der Waals surface area contributed by atoms with Crippen LogP contribution in [0.25, 0.3) is 0 Å². The average Bonchev–Trinajstić information content (AvgIpc) is 2.98. The highest BCUT2D eigenvalue weighted by Crippen LogP contribution is 2.39. The molecule has 152 valence electrons. The Labute approximate surface area is 173 Å². The number of carboxylic acids is 1. The van der Waals surface area contributed by atoms with Gasteiger partial charge in [0.2, 0.25) is 11.8 Å². The number of carbonyl (C=O) groups is 4. The third-order valence-electron chi connectivity index (χ3n) is 5.60. The zero-order chi connectivity index (χ0) is 21.4. The lowest BCUT2D eigenvalue weighted by atomic mass is 9.82. The predicted octanol–water partition coefficient (Wildman–Crippen LogP) is 3.48. The summed E-state index contributed by atoms with van der Waals surface area (Å²) >= 11 is 0. The molecule has 2 atom stereocenters. The molecule has 0 bridgehead atoms. The minimum atomic E-state index is -1.04. The van der Waals surface area contributed by atoms with Crippen LogP contribution in [0.15, 0.2) is 60.2 Å². The van der Waals surface area contributed by atoms with Crippen LogP contribution in [0.3, 0.4) is 0 Å². The number of nitrogens with zero attached hydrogens (tertiary/aromatic N) is 1. The fourth-order valence-corrected chi connectivity index (χ4v) is 3.95. The monoisotopic (exact) mass is 404 g/mol.